The molecule has 0 amide bonds. The number of hydrogen-bond acceptors (Lipinski definition) is 2. The Morgan fingerprint density at radius 3 is 2.44 bits per heavy atom. The van der Waals surface area contributed by atoms with Crippen LogP contribution in [0.15, 0.2) is 13.6 Å². The van der Waals surface area contributed by atoms with Gasteiger partial charge in [0.15, 0.2) is 0 Å². The molecule has 1 atom stereocenters. The SMILES string of the molecule is CNC(CCCC(C)C)c1cc(Br)sc1Br. The minimum absolute atomic E-state index is 0.468. The Hall–Kier alpha value is 0.620. The van der Waals surface area contributed by atoms with E-state index in [0.29, 0.717) is 6.04 Å². The van der Waals surface area contributed by atoms with Gasteiger partial charge in [-0.05, 0) is 62.9 Å². The van der Waals surface area contributed by atoms with Gasteiger partial charge in [-0.3, -0.25) is 0 Å². The van der Waals surface area contributed by atoms with E-state index in [1.807, 2.05) is 7.05 Å². The van der Waals surface area contributed by atoms with Gasteiger partial charge in [0.1, 0.15) is 0 Å². The van der Waals surface area contributed by atoms with Gasteiger partial charge in [-0.25, -0.2) is 0 Å². The maximum absolute atomic E-state index is 3.63. The molecule has 0 spiro atoms. The van der Waals surface area contributed by atoms with Crippen molar-refractivity contribution in [3.8, 4) is 0 Å². The van der Waals surface area contributed by atoms with Crippen LogP contribution in [-0.2, 0) is 0 Å². The molecule has 0 aliphatic rings. The van der Waals surface area contributed by atoms with Crippen LogP contribution in [0, 0.1) is 5.92 Å². The predicted molar refractivity (Wildman–Crippen MR) is 80.2 cm³/mol. The molecule has 1 heterocycles. The van der Waals surface area contributed by atoms with Crippen LogP contribution in [0.1, 0.15) is 44.7 Å². The molecule has 0 fully saturated rings. The molecule has 1 nitrogen and oxygen atoms in total. The summed E-state index contributed by atoms with van der Waals surface area (Å²) in [4.78, 5) is 0. The van der Waals surface area contributed by atoms with E-state index in [1.54, 1.807) is 11.3 Å². The zero-order chi connectivity index (χ0) is 12.1. The second kappa shape index (κ2) is 7.14. The molecule has 92 valence electrons. The molecule has 4 heteroatoms. The van der Waals surface area contributed by atoms with Crippen LogP contribution < -0.4 is 5.32 Å². The lowest BCUT2D eigenvalue weighted by Crippen LogP contribution is -2.16. The van der Waals surface area contributed by atoms with Crippen LogP contribution in [0.25, 0.3) is 0 Å². The highest BCUT2D eigenvalue weighted by atomic mass is 79.9. The van der Waals surface area contributed by atoms with Crippen molar-refractivity contribution in [2.75, 3.05) is 7.05 Å². The van der Waals surface area contributed by atoms with Crippen LogP contribution in [0.2, 0.25) is 0 Å². The largest absolute Gasteiger partial charge is 0.313 e. The highest BCUT2D eigenvalue weighted by Crippen LogP contribution is 2.37. The zero-order valence-corrected chi connectivity index (χ0v) is 14.0. The Labute approximate surface area is 119 Å². The minimum Gasteiger partial charge on any atom is -0.313 e. The van der Waals surface area contributed by atoms with Gasteiger partial charge in [0, 0.05) is 6.04 Å². The fraction of sp³-hybridized carbons (Fsp3) is 0.667. The van der Waals surface area contributed by atoms with Crippen LogP contribution in [0.4, 0.5) is 0 Å². The lowest BCUT2D eigenvalue weighted by molar-refractivity contribution is 0.470. The minimum atomic E-state index is 0.468. The molecule has 0 bridgehead atoms. The molecule has 1 aromatic heterocycles. The van der Waals surface area contributed by atoms with Gasteiger partial charge in [-0.2, -0.15) is 0 Å². The second-order valence-electron chi connectivity index (χ2n) is 4.45. The summed E-state index contributed by atoms with van der Waals surface area (Å²) >= 11 is 8.91. The van der Waals surface area contributed by atoms with E-state index in [9.17, 15) is 0 Å². The van der Waals surface area contributed by atoms with Gasteiger partial charge in [0.05, 0.1) is 7.57 Å². The molecular formula is C12H19Br2NS. The summed E-state index contributed by atoms with van der Waals surface area (Å²) in [6.07, 6.45) is 3.79. The highest BCUT2D eigenvalue weighted by molar-refractivity contribution is 9.12. The summed E-state index contributed by atoms with van der Waals surface area (Å²) in [5.74, 6) is 0.801. The normalized spacial score (nSPS) is 13.4. The Bertz CT molecular complexity index is 323. The lowest BCUT2D eigenvalue weighted by Gasteiger charge is -2.16. The van der Waals surface area contributed by atoms with Gasteiger partial charge >= 0.3 is 0 Å². The number of rotatable bonds is 6. The monoisotopic (exact) mass is 367 g/mol. The molecule has 0 aliphatic carbocycles. The van der Waals surface area contributed by atoms with Crippen LogP contribution in [0.5, 0.6) is 0 Å². The third-order valence-electron chi connectivity index (χ3n) is 2.68. The highest BCUT2D eigenvalue weighted by Gasteiger charge is 2.15. The second-order valence-corrected chi connectivity index (χ2v) is 8.19. The fourth-order valence-corrected chi connectivity index (χ4v) is 4.75. The summed E-state index contributed by atoms with van der Waals surface area (Å²) in [5.41, 5.74) is 1.38. The molecule has 1 rings (SSSR count). The quantitative estimate of drug-likeness (QED) is 0.712. The number of thiophene rings is 1. The van der Waals surface area contributed by atoms with E-state index in [-0.39, 0.29) is 0 Å². The van der Waals surface area contributed by atoms with Crippen LogP contribution >= 0.6 is 43.2 Å². The molecule has 1 unspecified atom stereocenters. The van der Waals surface area contributed by atoms with E-state index >= 15 is 0 Å². The molecule has 1 aromatic rings. The topological polar surface area (TPSA) is 12.0 Å². The molecule has 0 saturated carbocycles. The Morgan fingerprint density at radius 1 is 1.31 bits per heavy atom. The van der Waals surface area contributed by atoms with Gasteiger partial charge in [0.25, 0.3) is 0 Å². The Kier molecular flexibility index (Phi) is 6.55. The van der Waals surface area contributed by atoms with E-state index in [1.165, 1.54) is 32.4 Å². The van der Waals surface area contributed by atoms with Gasteiger partial charge < -0.3 is 5.32 Å². The molecular weight excluding hydrogens is 350 g/mol. The first-order valence-electron chi connectivity index (χ1n) is 5.66. The number of hydrogen-bond donors (Lipinski definition) is 1. The summed E-state index contributed by atoms with van der Waals surface area (Å²) < 4.78 is 2.43. The molecule has 1 N–H and O–H groups in total. The van der Waals surface area contributed by atoms with Crippen LogP contribution in [-0.4, -0.2) is 7.05 Å². The average molecular weight is 369 g/mol. The van der Waals surface area contributed by atoms with Crippen molar-refractivity contribution in [3.05, 3.63) is 19.2 Å². The predicted octanol–water partition coefficient (Wildman–Crippen LogP) is 5.36. The Morgan fingerprint density at radius 2 is 2.00 bits per heavy atom. The smallest absolute Gasteiger partial charge is 0.0758 e. The standard InChI is InChI=1S/C12H19Br2NS/c1-8(2)5-4-6-10(15-3)9-7-11(13)16-12(9)14/h7-8,10,15H,4-6H2,1-3H3. The molecule has 0 aliphatic heterocycles. The van der Waals surface area contributed by atoms with Crippen molar-refractivity contribution in [1.82, 2.24) is 5.32 Å². The summed E-state index contributed by atoms with van der Waals surface area (Å²) in [7, 11) is 2.04. The van der Waals surface area contributed by atoms with Gasteiger partial charge in [0.2, 0.25) is 0 Å². The molecule has 0 saturated heterocycles. The van der Waals surface area contributed by atoms with E-state index < -0.39 is 0 Å². The maximum atomic E-state index is 3.63. The first kappa shape index (κ1) is 14.7. The van der Waals surface area contributed by atoms with Gasteiger partial charge in [-0.15, -0.1) is 11.3 Å². The fourth-order valence-electron chi connectivity index (χ4n) is 1.78. The number of halogens is 2. The zero-order valence-electron chi connectivity index (χ0n) is 10.0. The average Bonchev–Trinajstić information content (AvgIpc) is 2.52. The molecule has 0 aromatic carbocycles. The van der Waals surface area contributed by atoms with Crippen molar-refractivity contribution < 1.29 is 0 Å². The molecule has 0 radical (unpaired) electrons. The third kappa shape index (κ3) is 4.47. The van der Waals surface area contributed by atoms with Crippen LogP contribution in [0.3, 0.4) is 0 Å². The molecule has 16 heavy (non-hydrogen) atoms. The maximum Gasteiger partial charge on any atom is 0.0758 e. The van der Waals surface area contributed by atoms with E-state index in [2.05, 4.69) is 57.1 Å². The van der Waals surface area contributed by atoms with Gasteiger partial charge in [-0.1, -0.05) is 26.7 Å². The first-order chi connectivity index (χ1) is 7.54. The number of nitrogens with one attached hydrogen (secondary N) is 1. The van der Waals surface area contributed by atoms with Crippen molar-refractivity contribution in [2.24, 2.45) is 5.92 Å². The summed E-state index contributed by atoms with van der Waals surface area (Å²) in [5, 5.41) is 3.40. The van der Waals surface area contributed by atoms with Crippen molar-refractivity contribution in [3.63, 3.8) is 0 Å². The summed E-state index contributed by atoms with van der Waals surface area (Å²) in [6.45, 7) is 4.57. The first-order valence-corrected chi connectivity index (χ1v) is 8.06. The third-order valence-corrected chi connectivity index (χ3v) is 5.07. The van der Waals surface area contributed by atoms with Crippen molar-refractivity contribution in [2.45, 2.75) is 39.2 Å². The van der Waals surface area contributed by atoms with E-state index in [4.69, 9.17) is 0 Å². The lowest BCUT2D eigenvalue weighted by atomic mass is 10.00. The van der Waals surface area contributed by atoms with E-state index in [0.717, 1.165) is 5.92 Å². The van der Waals surface area contributed by atoms with Crippen molar-refractivity contribution in [1.29, 1.82) is 0 Å². The Balaban J connectivity index is 2.57. The van der Waals surface area contributed by atoms with Crippen molar-refractivity contribution >= 4 is 43.2 Å². The summed E-state index contributed by atoms with van der Waals surface area (Å²) in [6, 6.07) is 2.68.